The van der Waals surface area contributed by atoms with Crippen LogP contribution in [-0.4, -0.2) is 28.0 Å². The standard InChI is InChI=1S/C22H20N4O3/c1-28-18-8-3-2-5-16(11-18)19-12-23-21(26-19)15-6-4-7-17(10-9-15)25-22(27)20-13-29-14-24-20/h2,4-6,8-14H,3,7H2,1H3,(H,23,26)(H,25,27). The predicted octanol–water partition coefficient (Wildman–Crippen LogP) is 3.93. The third kappa shape index (κ3) is 4.35. The molecule has 2 heterocycles. The molecule has 29 heavy (non-hydrogen) atoms. The van der Waals surface area contributed by atoms with Crippen LogP contribution in [0.25, 0.3) is 11.1 Å². The summed E-state index contributed by atoms with van der Waals surface area (Å²) in [5.41, 5.74) is 3.84. The minimum absolute atomic E-state index is 0.244. The second-order valence-electron chi connectivity index (χ2n) is 6.44. The highest BCUT2D eigenvalue weighted by Crippen LogP contribution is 2.23. The van der Waals surface area contributed by atoms with Gasteiger partial charge in [-0.05, 0) is 30.7 Å². The number of hydrogen-bond acceptors (Lipinski definition) is 5. The Hall–Kier alpha value is -3.87. The minimum atomic E-state index is -0.301. The lowest BCUT2D eigenvalue weighted by atomic mass is 10.1. The van der Waals surface area contributed by atoms with Crippen LogP contribution in [0, 0.1) is 0 Å². The normalized spacial score (nSPS) is 16.2. The molecule has 2 aromatic rings. The Bertz CT molecular complexity index is 1080. The molecule has 146 valence electrons. The average Bonchev–Trinajstić information content (AvgIpc) is 3.33. The molecule has 0 radical (unpaired) electrons. The number of aromatic amines is 1. The Kier molecular flexibility index (Phi) is 5.38. The molecule has 7 nitrogen and oxygen atoms in total. The first-order chi connectivity index (χ1) is 14.2. The zero-order chi connectivity index (χ0) is 20.1. The van der Waals surface area contributed by atoms with Crippen molar-refractivity contribution in [2.45, 2.75) is 12.8 Å². The molecule has 0 bridgehead atoms. The predicted molar refractivity (Wildman–Crippen MR) is 109 cm³/mol. The summed E-state index contributed by atoms with van der Waals surface area (Å²) in [5, 5.41) is 2.84. The maximum Gasteiger partial charge on any atom is 0.277 e. The summed E-state index contributed by atoms with van der Waals surface area (Å²) in [5.74, 6) is 1.27. The first kappa shape index (κ1) is 18.5. The highest BCUT2D eigenvalue weighted by Gasteiger charge is 2.12. The van der Waals surface area contributed by atoms with Crippen molar-refractivity contribution in [3.05, 3.63) is 96.1 Å². The Labute approximate surface area is 167 Å². The van der Waals surface area contributed by atoms with Crippen molar-refractivity contribution in [2.24, 2.45) is 0 Å². The molecular weight excluding hydrogens is 368 g/mol. The van der Waals surface area contributed by atoms with Crippen LogP contribution in [0.4, 0.5) is 0 Å². The molecule has 2 aromatic heterocycles. The van der Waals surface area contributed by atoms with E-state index in [1.165, 1.54) is 12.7 Å². The number of rotatable bonds is 5. The fourth-order valence-corrected chi connectivity index (χ4v) is 2.98. The van der Waals surface area contributed by atoms with Gasteiger partial charge in [0, 0.05) is 23.3 Å². The van der Waals surface area contributed by atoms with E-state index < -0.39 is 0 Å². The highest BCUT2D eigenvalue weighted by atomic mass is 16.5. The number of imidazole rings is 1. The number of methoxy groups -OCH3 is 1. The van der Waals surface area contributed by atoms with Crippen molar-refractivity contribution >= 4 is 17.1 Å². The van der Waals surface area contributed by atoms with Crippen molar-refractivity contribution in [2.75, 3.05) is 7.11 Å². The van der Waals surface area contributed by atoms with E-state index in [1.807, 2.05) is 36.5 Å². The minimum Gasteiger partial charge on any atom is -0.497 e. The smallest absolute Gasteiger partial charge is 0.277 e. The average molecular weight is 388 g/mol. The Morgan fingerprint density at radius 3 is 2.93 bits per heavy atom. The first-order valence-corrected chi connectivity index (χ1v) is 9.18. The van der Waals surface area contributed by atoms with Gasteiger partial charge in [0.05, 0.1) is 19.0 Å². The number of ether oxygens (including phenoxy) is 1. The molecule has 2 N–H and O–H groups in total. The summed E-state index contributed by atoms with van der Waals surface area (Å²) in [6, 6.07) is 0. The molecule has 7 heteroatoms. The quantitative estimate of drug-likeness (QED) is 0.810. The fourth-order valence-electron chi connectivity index (χ4n) is 2.98. The van der Waals surface area contributed by atoms with Crippen molar-refractivity contribution in [3.63, 3.8) is 0 Å². The molecule has 0 unspecified atom stereocenters. The Morgan fingerprint density at radius 2 is 2.10 bits per heavy atom. The number of hydrogen-bond donors (Lipinski definition) is 2. The molecule has 0 spiro atoms. The lowest BCUT2D eigenvalue weighted by Crippen LogP contribution is -2.22. The zero-order valence-corrected chi connectivity index (χ0v) is 15.9. The topological polar surface area (TPSA) is 93.0 Å². The third-order valence-electron chi connectivity index (χ3n) is 4.48. The monoisotopic (exact) mass is 388 g/mol. The summed E-state index contributed by atoms with van der Waals surface area (Å²) >= 11 is 0. The molecule has 2 aliphatic rings. The number of allylic oxidation sites excluding steroid dienone is 10. The lowest BCUT2D eigenvalue weighted by molar-refractivity contribution is 0.0960. The SMILES string of the molecule is COC1=CCC=CC(c2cnc(C3=CC=C(NC(=O)c4cocn4)CC=C3)[nH]2)=C1. The van der Waals surface area contributed by atoms with E-state index in [9.17, 15) is 4.79 Å². The molecule has 0 atom stereocenters. The van der Waals surface area contributed by atoms with E-state index in [0.717, 1.165) is 40.5 Å². The maximum absolute atomic E-state index is 12.1. The summed E-state index contributed by atoms with van der Waals surface area (Å²) in [6.07, 6.45) is 21.6. The molecule has 1 amide bonds. The molecule has 4 rings (SSSR count). The van der Waals surface area contributed by atoms with Crippen LogP contribution in [-0.2, 0) is 4.74 Å². The number of amides is 1. The van der Waals surface area contributed by atoms with Crippen molar-refractivity contribution in [3.8, 4) is 0 Å². The lowest BCUT2D eigenvalue weighted by Gasteiger charge is -2.04. The molecule has 2 aliphatic carbocycles. The molecule has 0 aromatic carbocycles. The number of aromatic nitrogens is 3. The number of nitrogens with one attached hydrogen (secondary N) is 2. The van der Waals surface area contributed by atoms with E-state index in [0.29, 0.717) is 6.42 Å². The summed E-state index contributed by atoms with van der Waals surface area (Å²) in [7, 11) is 1.66. The van der Waals surface area contributed by atoms with Crippen LogP contribution < -0.4 is 5.32 Å². The Balaban J connectivity index is 1.52. The van der Waals surface area contributed by atoms with Crippen molar-refractivity contribution in [1.82, 2.24) is 20.3 Å². The van der Waals surface area contributed by atoms with Gasteiger partial charge >= 0.3 is 0 Å². The number of carbonyl (C=O) groups is 1. The van der Waals surface area contributed by atoms with Crippen LogP contribution in [0.3, 0.4) is 0 Å². The molecule has 0 saturated carbocycles. The molecule has 0 saturated heterocycles. The summed E-state index contributed by atoms with van der Waals surface area (Å²) in [6.45, 7) is 0. The third-order valence-corrected chi connectivity index (χ3v) is 4.48. The van der Waals surface area contributed by atoms with Crippen molar-refractivity contribution in [1.29, 1.82) is 0 Å². The van der Waals surface area contributed by atoms with Gasteiger partial charge in [-0.3, -0.25) is 4.79 Å². The van der Waals surface area contributed by atoms with Crippen LogP contribution in [0.2, 0.25) is 0 Å². The van der Waals surface area contributed by atoms with Gasteiger partial charge in [-0.25, -0.2) is 9.97 Å². The number of nitrogens with zero attached hydrogens (tertiary/aromatic N) is 2. The molecule has 0 aliphatic heterocycles. The second-order valence-corrected chi connectivity index (χ2v) is 6.44. The van der Waals surface area contributed by atoms with Crippen LogP contribution in [0.5, 0.6) is 0 Å². The second kappa shape index (κ2) is 8.43. The van der Waals surface area contributed by atoms with Crippen LogP contribution in [0.1, 0.15) is 34.8 Å². The van der Waals surface area contributed by atoms with Gasteiger partial charge in [-0.2, -0.15) is 0 Å². The van der Waals surface area contributed by atoms with E-state index >= 15 is 0 Å². The van der Waals surface area contributed by atoms with Gasteiger partial charge in [0.1, 0.15) is 17.8 Å². The first-order valence-electron chi connectivity index (χ1n) is 9.18. The molecule has 0 fully saturated rings. The van der Waals surface area contributed by atoms with Crippen LogP contribution >= 0.6 is 0 Å². The summed E-state index contributed by atoms with van der Waals surface area (Å²) < 4.78 is 10.2. The maximum atomic E-state index is 12.1. The number of oxazole rings is 1. The van der Waals surface area contributed by atoms with Crippen LogP contribution in [0.15, 0.2) is 83.3 Å². The number of carbonyl (C=O) groups excluding carboxylic acids is 1. The molecular formula is C22H20N4O3. The van der Waals surface area contributed by atoms with Gasteiger partial charge in [0.2, 0.25) is 0 Å². The van der Waals surface area contributed by atoms with Gasteiger partial charge in [0.15, 0.2) is 12.1 Å². The zero-order valence-electron chi connectivity index (χ0n) is 15.9. The van der Waals surface area contributed by atoms with E-state index in [4.69, 9.17) is 9.15 Å². The number of H-pyrrole nitrogens is 1. The Morgan fingerprint density at radius 1 is 1.21 bits per heavy atom. The fraction of sp³-hybridized carbons (Fsp3) is 0.136. The largest absolute Gasteiger partial charge is 0.497 e. The highest BCUT2D eigenvalue weighted by molar-refractivity contribution is 5.93. The van der Waals surface area contributed by atoms with E-state index in [-0.39, 0.29) is 11.6 Å². The van der Waals surface area contributed by atoms with Gasteiger partial charge in [0.25, 0.3) is 5.91 Å². The van der Waals surface area contributed by atoms with E-state index in [2.05, 4.69) is 32.4 Å². The van der Waals surface area contributed by atoms with Crippen molar-refractivity contribution < 1.29 is 13.9 Å². The van der Waals surface area contributed by atoms with E-state index in [1.54, 1.807) is 13.3 Å². The van der Waals surface area contributed by atoms with Gasteiger partial charge in [-0.1, -0.05) is 24.3 Å². The summed E-state index contributed by atoms with van der Waals surface area (Å²) in [4.78, 5) is 23.9. The van der Waals surface area contributed by atoms with Gasteiger partial charge in [-0.15, -0.1) is 0 Å². The van der Waals surface area contributed by atoms with Gasteiger partial charge < -0.3 is 19.5 Å².